The van der Waals surface area contributed by atoms with E-state index in [4.69, 9.17) is 18.9 Å². The van der Waals surface area contributed by atoms with Crippen LogP contribution in [-0.4, -0.2) is 65.9 Å². The number of rotatable bonds is 12. The lowest BCUT2D eigenvalue weighted by Gasteiger charge is -2.20. The fourth-order valence-electron chi connectivity index (χ4n) is 1.21. The van der Waals surface area contributed by atoms with Crippen molar-refractivity contribution in [1.82, 2.24) is 5.32 Å². The Labute approximate surface area is 105 Å². The van der Waals surface area contributed by atoms with Crippen molar-refractivity contribution < 1.29 is 18.9 Å². The van der Waals surface area contributed by atoms with Crippen molar-refractivity contribution >= 4 is 0 Å². The molecule has 0 bridgehead atoms. The van der Waals surface area contributed by atoms with Crippen LogP contribution in [0.25, 0.3) is 0 Å². The fourth-order valence-corrected chi connectivity index (χ4v) is 1.21. The molecule has 1 unspecified atom stereocenters. The van der Waals surface area contributed by atoms with Gasteiger partial charge in [-0.3, -0.25) is 0 Å². The summed E-state index contributed by atoms with van der Waals surface area (Å²) in [7, 11) is 3.36. The summed E-state index contributed by atoms with van der Waals surface area (Å²) in [6, 6.07) is 0.199. The molecule has 0 aliphatic heterocycles. The molecule has 0 radical (unpaired) electrons. The fraction of sp³-hybridized carbons (Fsp3) is 1.00. The average molecular weight is 249 g/mol. The highest BCUT2D eigenvalue weighted by Gasteiger charge is 2.09. The number of nitrogens with one attached hydrogen (secondary N) is 1. The first-order valence-electron chi connectivity index (χ1n) is 6.11. The highest BCUT2D eigenvalue weighted by Crippen LogP contribution is 1.94. The van der Waals surface area contributed by atoms with Crippen LogP contribution >= 0.6 is 0 Å². The van der Waals surface area contributed by atoms with E-state index in [9.17, 15) is 0 Å². The van der Waals surface area contributed by atoms with Crippen molar-refractivity contribution in [2.45, 2.75) is 26.0 Å². The molecule has 0 spiro atoms. The molecule has 5 nitrogen and oxygen atoms in total. The molecule has 104 valence electrons. The predicted molar refractivity (Wildman–Crippen MR) is 67.4 cm³/mol. The molecule has 0 aliphatic carbocycles. The normalized spacial score (nSPS) is 13.2. The topological polar surface area (TPSA) is 49.0 Å². The van der Waals surface area contributed by atoms with E-state index in [0.29, 0.717) is 33.0 Å². The van der Waals surface area contributed by atoms with Gasteiger partial charge in [0.25, 0.3) is 0 Å². The maximum Gasteiger partial charge on any atom is 0.0701 e. The van der Waals surface area contributed by atoms with Gasteiger partial charge in [0, 0.05) is 20.8 Å². The molecule has 0 aromatic carbocycles. The minimum Gasteiger partial charge on any atom is -0.383 e. The summed E-state index contributed by atoms with van der Waals surface area (Å²) in [4.78, 5) is 0. The standard InChI is InChI=1S/C12H27NO4/c1-11(2)17-10-12(13-5-6-14-3)9-16-8-7-15-4/h11-13H,5-10H2,1-4H3. The van der Waals surface area contributed by atoms with Gasteiger partial charge in [-0.1, -0.05) is 0 Å². The summed E-state index contributed by atoms with van der Waals surface area (Å²) in [5.41, 5.74) is 0. The van der Waals surface area contributed by atoms with Crippen LogP contribution in [0.4, 0.5) is 0 Å². The van der Waals surface area contributed by atoms with Crippen molar-refractivity contribution in [3.8, 4) is 0 Å². The molecule has 0 aliphatic rings. The summed E-state index contributed by atoms with van der Waals surface area (Å²) in [6.45, 7) is 8.05. The van der Waals surface area contributed by atoms with Crippen molar-refractivity contribution in [3.63, 3.8) is 0 Å². The van der Waals surface area contributed by atoms with Gasteiger partial charge < -0.3 is 24.3 Å². The zero-order valence-corrected chi connectivity index (χ0v) is 11.5. The molecule has 17 heavy (non-hydrogen) atoms. The zero-order valence-electron chi connectivity index (χ0n) is 11.5. The van der Waals surface area contributed by atoms with Crippen molar-refractivity contribution in [2.75, 3.05) is 53.8 Å². The maximum atomic E-state index is 5.58. The van der Waals surface area contributed by atoms with E-state index in [2.05, 4.69) is 5.32 Å². The summed E-state index contributed by atoms with van der Waals surface area (Å²) in [6.07, 6.45) is 0.237. The highest BCUT2D eigenvalue weighted by atomic mass is 16.5. The zero-order chi connectivity index (χ0) is 12.9. The van der Waals surface area contributed by atoms with E-state index in [1.807, 2.05) is 13.8 Å². The first-order chi connectivity index (χ1) is 8.20. The van der Waals surface area contributed by atoms with Gasteiger partial charge in [-0.05, 0) is 13.8 Å². The molecule has 0 aromatic rings. The van der Waals surface area contributed by atoms with Crippen molar-refractivity contribution in [2.24, 2.45) is 0 Å². The van der Waals surface area contributed by atoms with E-state index in [0.717, 1.165) is 6.54 Å². The Bertz CT molecular complexity index is 155. The summed E-state index contributed by atoms with van der Waals surface area (Å²) in [5, 5.41) is 3.34. The predicted octanol–water partition coefficient (Wildman–Crippen LogP) is 0.679. The lowest BCUT2D eigenvalue weighted by molar-refractivity contribution is 0.0145. The third-order valence-electron chi connectivity index (χ3n) is 2.12. The number of hydrogen-bond acceptors (Lipinski definition) is 5. The van der Waals surface area contributed by atoms with E-state index in [1.165, 1.54) is 0 Å². The van der Waals surface area contributed by atoms with Crippen LogP contribution in [0.1, 0.15) is 13.8 Å². The lowest BCUT2D eigenvalue weighted by Crippen LogP contribution is -2.40. The number of ether oxygens (including phenoxy) is 4. The van der Waals surface area contributed by atoms with Crippen LogP contribution in [0.5, 0.6) is 0 Å². The first-order valence-corrected chi connectivity index (χ1v) is 6.11. The molecule has 0 aromatic heterocycles. The Morgan fingerprint density at radius 2 is 1.65 bits per heavy atom. The van der Waals surface area contributed by atoms with Gasteiger partial charge in [0.1, 0.15) is 0 Å². The van der Waals surface area contributed by atoms with Crippen molar-refractivity contribution in [3.05, 3.63) is 0 Å². The summed E-state index contributed by atoms with van der Waals surface area (Å²) in [5.74, 6) is 0. The van der Waals surface area contributed by atoms with Gasteiger partial charge in [0.05, 0.1) is 45.2 Å². The van der Waals surface area contributed by atoms with Gasteiger partial charge in [-0.15, -0.1) is 0 Å². The molecule has 0 rings (SSSR count). The maximum absolute atomic E-state index is 5.58. The quantitative estimate of drug-likeness (QED) is 0.515. The molecule has 0 fully saturated rings. The van der Waals surface area contributed by atoms with Crippen molar-refractivity contribution in [1.29, 1.82) is 0 Å². The van der Waals surface area contributed by atoms with Crippen LogP contribution in [0.2, 0.25) is 0 Å². The highest BCUT2D eigenvalue weighted by molar-refractivity contribution is 4.65. The molecule has 1 atom stereocenters. The van der Waals surface area contributed by atoms with Crippen LogP contribution in [0.15, 0.2) is 0 Å². The van der Waals surface area contributed by atoms with Gasteiger partial charge in [0.15, 0.2) is 0 Å². The van der Waals surface area contributed by atoms with E-state index < -0.39 is 0 Å². The second-order valence-corrected chi connectivity index (χ2v) is 4.09. The lowest BCUT2D eigenvalue weighted by atomic mass is 10.3. The first kappa shape index (κ1) is 16.8. The number of methoxy groups -OCH3 is 2. The second-order valence-electron chi connectivity index (χ2n) is 4.09. The molecular weight excluding hydrogens is 222 g/mol. The molecule has 0 saturated heterocycles. The van der Waals surface area contributed by atoms with E-state index >= 15 is 0 Å². The molecule has 0 saturated carbocycles. The SMILES string of the molecule is COCCNC(COCCOC)COC(C)C. The van der Waals surface area contributed by atoms with Crippen LogP contribution in [-0.2, 0) is 18.9 Å². The van der Waals surface area contributed by atoms with Gasteiger partial charge in [-0.25, -0.2) is 0 Å². The van der Waals surface area contributed by atoms with Crippen LogP contribution in [0.3, 0.4) is 0 Å². The van der Waals surface area contributed by atoms with Crippen LogP contribution in [0, 0.1) is 0 Å². The van der Waals surface area contributed by atoms with Gasteiger partial charge >= 0.3 is 0 Å². The molecule has 0 amide bonds. The van der Waals surface area contributed by atoms with E-state index in [-0.39, 0.29) is 12.1 Å². The largest absolute Gasteiger partial charge is 0.383 e. The van der Waals surface area contributed by atoms with Crippen LogP contribution < -0.4 is 5.32 Å². The Balaban J connectivity index is 3.67. The molecule has 0 heterocycles. The molecular formula is C12H27NO4. The average Bonchev–Trinajstić information content (AvgIpc) is 2.30. The van der Waals surface area contributed by atoms with Gasteiger partial charge in [0.2, 0.25) is 0 Å². The molecule has 1 N–H and O–H groups in total. The Hall–Kier alpha value is -0.200. The summed E-state index contributed by atoms with van der Waals surface area (Å²) < 4.78 is 21.0. The van der Waals surface area contributed by atoms with Gasteiger partial charge in [-0.2, -0.15) is 0 Å². The minimum atomic E-state index is 0.199. The summed E-state index contributed by atoms with van der Waals surface area (Å²) >= 11 is 0. The minimum absolute atomic E-state index is 0.199. The Morgan fingerprint density at radius 3 is 2.24 bits per heavy atom. The number of hydrogen-bond donors (Lipinski definition) is 1. The smallest absolute Gasteiger partial charge is 0.0701 e. The Kier molecular flexibility index (Phi) is 12.1. The van der Waals surface area contributed by atoms with E-state index in [1.54, 1.807) is 14.2 Å². The monoisotopic (exact) mass is 249 g/mol. The molecule has 5 heteroatoms. The second kappa shape index (κ2) is 12.3. The third kappa shape index (κ3) is 12.1. The Morgan fingerprint density at radius 1 is 0.941 bits per heavy atom. The third-order valence-corrected chi connectivity index (χ3v) is 2.12.